The van der Waals surface area contributed by atoms with Gasteiger partial charge in [-0.3, -0.25) is 4.79 Å². The van der Waals surface area contributed by atoms with Crippen molar-refractivity contribution in [2.45, 2.75) is 20.3 Å². The predicted octanol–water partition coefficient (Wildman–Crippen LogP) is 2.65. The van der Waals surface area contributed by atoms with Crippen LogP contribution in [0.15, 0.2) is 30.6 Å². The number of aromatic nitrogens is 2. The van der Waals surface area contributed by atoms with Gasteiger partial charge in [-0.1, -0.05) is 12.1 Å². The van der Waals surface area contributed by atoms with Gasteiger partial charge >= 0.3 is 5.97 Å². The molecule has 0 saturated heterocycles. The first kappa shape index (κ1) is 14.0. The van der Waals surface area contributed by atoms with Crippen LogP contribution in [-0.2, 0) is 4.79 Å². The SMILES string of the molecule is Cc1ccc(-c2cc(NCCC(=O)O)ncn2)cc1C. The fourth-order valence-corrected chi connectivity index (χ4v) is 1.81. The number of carboxylic acid groups (broad SMARTS) is 1. The van der Waals surface area contributed by atoms with Crippen molar-refractivity contribution in [3.05, 3.63) is 41.7 Å². The van der Waals surface area contributed by atoms with E-state index in [-0.39, 0.29) is 6.42 Å². The summed E-state index contributed by atoms with van der Waals surface area (Å²) in [6.07, 6.45) is 1.54. The molecular weight excluding hydrogens is 254 g/mol. The third kappa shape index (κ3) is 3.54. The monoisotopic (exact) mass is 271 g/mol. The summed E-state index contributed by atoms with van der Waals surface area (Å²) < 4.78 is 0. The largest absolute Gasteiger partial charge is 0.481 e. The number of anilines is 1. The molecule has 0 saturated carbocycles. The highest BCUT2D eigenvalue weighted by atomic mass is 16.4. The minimum Gasteiger partial charge on any atom is -0.481 e. The Morgan fingerprint density at radius 1 is 1.20 bits per heavy atom. The minimum absolute atomic E-state index is 0.0585. The summed E-state index contributed by atoms with van der Waals surface area (Å²) >= 11 is 0. The number of aryl methyl sites for hydroxylation is 2. The molecule has 0 aliphatic carbocycles. The topological polar surface area (TPSA) is 75.1 Å². The van der Waals surface area contributed by atoms with Gasteiger partial charge in [-0.25, -0.2) is 9.97 Å². The van der Waals surface area contributed by atoms with Gasteiger partial charge in [0.05, 0.1) is 12.1 Å². The Hall–Kier alpha value is -2.43. The van der Waals surface area contributed by atoms with Gasteiger partial charge in [0.1, 0.15) is 12.1 Å². The zero-order chi connectivity index (χ0) is 14.5. The summed E-state index contributed by atoms with van der Waals surface area (Å²) in [4.78, 5) is 18.8. The van der Waals surface area contributed by atoms with Gasteiger partial charge in [0.25, 0.3) is 0 Å². The maximum absolute atomic E-state index is 10.5. The van der Waals surface area contributed by atoms with Crippen LogP contribution in [0.25, 0.3) is 11.3 Å². The molecule has 2 N–H and O–H groups in total. The highest BCUT2D eigenvalue weighted by Crippen LogP contribution is 2.21. The van der Waals surface area contributed by atoms with E-state index in [1.165, 1.54) is 17.5 Å². The Morgan fingerprint density at radius 2 is 2.00 bits per heavy atom. The Morgan fingerprint density at radius 3 is 2.70 bits per heavy atom. The zero-order valence-corrected chi connectivity index (χ0v) is 11.6. The number of nitrogens with zero attached hydrogens (tertiary/aromatic N) is 2. The number of nitrogens with one attached hydrogen (secondary N) is 1. The lowest BCUT2D eigenvalue weighted by molar-refractivity contribution is -0.136. The average molecular weight is 271 g/mol. The lowest BCUT2D eigenvalue weighted by atomic mass is 10.0. The van der Waals surface area contributed by atoms with E-state index in [2.05, 4.69) is 41.3 Å². The number of hydrogen-bond acceptors (Lipinski definition) is 4. The van der Waals surface area contributed by atoms with E-state index in [1.807, 2.05) is 12.1 Å². The van der Waals surface area contributed by atoms with E-state index in [0.29, 0.717) is 12.4 Å². The van der Waals surface area contributed by atoms with Crippen LogP contribution in [0.2, 0.25) is 0 Å². The fourth-order valence-electron chi connectivity index (χ4n) is 1.81. The third-order valence-corrected chi connectivity index (χ3v) is 3.11. The van der Waals surface area contributed by atoms with Gasteiger partial charge in [0, 0.05) is 18.2 Å². The second kappa shape index (κ2) is 6.14. The molecular formula is C15H17N3O2. The van der Waals surface area contributed by atoms with E-state index in [1.54, 1.807) is 0 Å². The highest BCUT2D eigenvalue weighted by Gasteiger charge is 2.04. The molecule has 0 amide bonds. The number of aliphatic carboxylic acids is 1. The third-order valence-electron chi connectivity index (χ3n) is 3.11. The molecule has 0 unspecified atom stereocenters. The Balaban J connectivity index is 2.16. The second-order valence-corrected chi connectivity index (χ2v) is 4.66. The first-order valence-electron chi connectivity index (χ1n) is 6.41. The standard InChI is InChI=1S/C15H17N3O2/c1-10-3-4-12(7-11(10)2)13-8-14(18-9-17-13)16-6-5-15(19)20/h3-4,7-9H,5-6H2,1-2H3,(H,19,20)(H,16,17,18). The van der Waals surface area contributed by atoms with E-state index < -0.39 is 5.97 Å². The summed E-state index contributed by atoms with van der Waals surface area (Å²) in [5.41, 5.74) is 4.29. The summed E-state index contributed by atoms with van der Waals surface area (Å²) in [6.45, 7) is 4.47. The zero-order valence-electron chi connectivity index (χ0n) is 11.6. The first-order chi connectivity index (χ1) is 9.56. The molecule has 0 aliphatic heterocycles. The quantitative estimate of drug-likeness (QED) is 0.874. The van der Waals surface area contributed by atoms with Crippen LogP contribution < -0.4 is 5.32 Å². The number of benzene rings is 1. The predicted molar refractivity (Wildman–Crippen MR) is 77.7 cm³/mol. The van der Waals surface area contributed by atoms with Crippen LogP contribution in [0.3, 0.4) is 0 Å². The van der Waals surface area contributed by atoms with Gasteiger partial charge in [-0.15, -0.1) is 0 Å². The van der Waals surface area contributed by atoms with Crippen molar-refractivity contribution in [1.82, 2.24) is 9.97 Å². The van der Waals surface area contributed by atoms with Crippen LogP contribution in [0, 0.1) is 13.8 Å². The van der Waals surface area contributed by atoms with E-state index in [0.717, 1.165) is 11.3 Å². The molecule has 2 aromatic rings. The van der Waals surface area contributed by atoms with E-state index in [4.69, 9.17) is 5.11 Å². The summed E-state index contributed by atoms with van der Waals surface area (Å²) in [5.74, 6) is -0.199. The van der Waals surface area contributed by atoms with Crippen molar-refractivity contribution in [3.8, 4) is 11.3 Å². The summed E-state index contributed by atoms with van der Waals surface area (Å²) in [7, 11) is 0. The van der Waals surface area contributed by atoms with Crippen molar-refractivity contribution in [1.29, 1.82) is 0 Å². The molecule has 0 fully saturated rings. The molecule has 1 aromatic heterocycles. The van der Waals surface area contributed by atoms with Gasteiger partial charge < -0.3 is 10.4 Å². The number of carbonyl (C=O) groups is 1. The molecule has 1 heterocycles. The van der Waals surface area contributed by atoms with Crippen LogP contribution in [0.1, 0.15) is 17.5 Å². The molecule has 0 aliphatic rings. The number of rotatable bonds is 5. The smallest absolute Gasteiger partial charge is 0.305 e. The number of carboxylic acids is 1. The lowest BCUT2D eigenvalue weighted by Gasteiger charge is -2.07. The van der Waals surface area contributed by atoms with Crippen molar-refractivity contribution in [2.75, 3.05) is 11.9 Å². The van der Waals surface area contributed by atoms with Crippen molar-refractivity contribution in [2.24, 2.45) is 0 Å². The summed E-state index contributed by atoms with van der Waals surface area (Å²) in [5, 5.41) is 11.6. The van der Waals surface area contributed by atoms with Gasteiger partial charge in [-0.2, -0.15) is 0 Å². The van der Waals surface area contributed by atoms with Gasteiger partial charge in [0.2, 0.25) is 0 Å². The molecule has 0 spiro atoms. The molecule has 0 radical (unpaired) electrons. The van der Waals surface area contributed by atoms with Gasteiger partial charge in [-0.05, 0) is 31.0 Å². The molecule has 1 aromatic carbocycles. The lowest BCUT2D eigenvalue weighted by Crippen LogP contribution is -2.08. The molecule has 2 rings (SSSR count). The minimum atomic E-state index is -0.832. The van der Waals surface area contributed by atoms with E-state index in [9.17, 15) is 4.79 Å². The number of hydrogen-bond donors (Lipinski definition) is 2. The molecule has 104 valence electrons. The van der Waals surface area contributed by atoms with Crippen LogP contribution in [0.5, 0.6) is 0 Å². The molecule has 20 heavy (non-hydrogen) atoms. The Bertz CT molecular complexity index is 626. The Labute approximate surface area is 117 Å². The van der Waals surface area contributed by atoms with Crippen molar-refractivity contribution in [3.63, 3.8) is 0 Å². The highest BCUT2D eigenvalue weighted by molar-refractivity contribution is 5.67. The maximum Gasteiger partial charge on any atom is 0.305 e. The van der Waals surface area contributed by atoms with Crippen molar-refractivity contribution < 1.29 is 9.90 Å². The summed E-state index contributed by atoms with van der Waals surface area (Å²) in [6, 6.07) is 7.99. The molecule has 0 bridgehead atoms. The normalized spacial score (nSPS) is 10.3. The molecule has 5 heteroatoms. The molecule has 0 atom stereocenters. The van der Waals surface area contributed by atoms with Crippen LogP contribution in [0.4, 0.5) is 5.82 Å². The fraction of sp³-hybridized carbons (Fsp3) is 0.267. The maximum atomic E-state index is 10.5. The van der Waals surface area contributed by atoms with Crippen molar-refractivity contribution >= 4 is 11.8 Å². The van der Waals surface area contributed by atoms with E-state index >= 15 is 0 Å². The second-order valence-electron chi connectivity index (χ2n) is 4.66. The van der Waals surface area contributed by atoms with Crippen LogP contribution >= 0.6 is 0 Å². The van der Waals surface area contributed by atoms with Gasteiger partial charge in [0.15, 0.2) is 0 Å². The van der Waals surface area contributed by atoms with Crippen LogP contribution in [-0.4, -0.2) is 27.6 Å². The molecule has 5 nitrogen and oxygen atoms in total. The average Bonchev–Trinajstić information content (AvgIpc) is 2.42. The Kier molecular flexibility index (Phi) is 4.30. The first-order valence-corrected chi connectivity index (χ1v) is 6.41.